The molecule has 2 atom stereocenters. The molecule has 0 bridgehead atoms. The SMILES string of the molecule is N=C(c1ccccc1)C(c1ccccc1)C1NC(c2ccccc2)=Cc2ccc(-c3c4ccccc4c(-c4ccc(-c5ccccc5)cc4)c4ccccc34)cc21. The Morgan fingerprint density at radius 3 is 1.44 bits per heavy atom. The van der Waals surface area contributed by atoms with Crippen molar-refractivity contribution in [1.29, 1.82) is 5.41 Å². The molecule has 9 aromatic carbocycles. The highest BCUT2D eigenvalue weighted by Crippen LogP contribution is 2.47. The van der Waals surface area contributed by atoms with E-state index in [0.29, 0.717) is 5.71 Å². The quantitative estimate of drug-likeness (QED) is 0.119. The summed E-state index contributed by atoms with van der Waals surface area (Å²) in [7, 11) is 0. The topological polar surface area (TPSA) is 35.9 Å². The summed E-state index contributed by atoms with van der Waals surface area (Å²) in [5.74, 6) is -0.260. The van der Waals surface area contributed by atoms with Crippen molar-refractivity contribution in [1.82, 2.24) is 5.32 Å². The van der Waals surface area contributed by atoms with Crippen LogP contribution in [-0.2, 0) is 0 Å². The smallest absolute Gasteiger partial charge is 0.0644 e. The average molecular weight is 729 g/mol. The zero-order valence-electron chi connectivity index (χ0n) is 31.4. The molecule has 10 rings (SSSR count). The van der Waals surface area contributed by atoms with E-state index < -0.39 is 0 Å². The Hall–Kier alpha value is -7.29. The first kappa shape index (κ1) is 34.2. The molecule has 0 saturated heterocycles. The van der Waals surface area contributed by atoms with Crippen LogP contribution in [0.4, 0.5) is 0 Å². The Bertz CT molecular complexity index is 2860. The van der Waals surface area contributed by atoms with E-state index in [1.54, 1.807) is 0 Å². The van der Waals surface area contributed by atoms with Crippen molar-refractivity contribution in [3.8, 4) is 33.4 Å². The molecule has 0 radical (unpaired) electrons. The van der Waals surface area contributed by atoms with Gasteiger partial charge in [0.05, 0.1) is 12.0 Å². The van der Waals surface area contributed by atoms with Gasteiger partial charge < -0.3 is 10.7 Å². The summed E-state index contributed by atoms with van der Waals surface area (Å²) < 4.78 is 0. The molecule has 2 nitrogen and oxygen atoms in total. The maximum absolute atomic E-state index is 9.81. The lowest BCUT2D eigenvalue weighted by Gasteiger charge is -2.35. The first-order chi connectivity index (χ1) is 28.2. The van der Waals surface area contributed by atoms with Crippen molar-refractivity contribution in [2.75, 3.05) is 0 Å². The molecule has 9 aromatic rings. The molecule has 2 unspecified atom stereocenters. The van der Waals surface area contributed by atoms with Crippen molar-refractivity contribution >= 4 is 39.0 Å². The molecular weight excluding hydrogens is 689 g/mol. The third-order valence-electron chi connectivity index (χ3n) is 11.5. The van der Waals surface area contributed by atoms with Gasteiger partial charge in [0.1, 0.15) is 0 Å². The van der Waals surface area contributed by atoms with Crippen molar-refractivity contribution in [3.63, 3.8) is 0 Å². The predicted octanol–water partition coefficient (Wildman–Crippen LogP) is 14.0. The number of benzene rings is 9. The van der Waals surface area contributed by atoms with Gasteiger partial charge in [-0.3, -0.25) is 0 Å². The van der Waals surface area contributed by atoms with E-state index in [9.17, 15) is 5.41 Å². The summed E-state index contributed by atoms with van der Waals surface area (Å²) in [5.41, 5.74) is 14.4. The largest absolute Gasteiger partial charge is 0.377 e. The van der Waals surface area contributed by atoms with Crippen LogP contribution in [0.2, 0.25) is 0 Å². The van der Waals surface area contributed by atoms with E-state index >= 15 is 0 Å². The highest BCUT2D eigenvalue weighted by atomic mass is 15.0. The normalized spacial score (nSPS) is 14.0. The molecule has 0 fully saturated rings. The lowest BCUT2D eigenvalue weighted by molar-refractivity contribution is 0.588. The Morgan fingerprint density at radius 1 is 0.421 bits per heavy atom. The molecule has 57 heavy (non-hydrogen) atoms. The number of nitrogens with one attached hydrogen (secondary N) is 2. The Labute approximate surface area is 334 Å². The highest BCUT2D eigenvalue weighted by Gasteiger charge is 2.34. The molecular formula is C55H40N2. The number of hydrogen-bond donors (Lipinski definition) is 2. The van der Waals surface area contributed by atoms with Crippen molar-refractivity contribution < 1.29 is 0 Å². The Balaban J connectivity index is 1.18. The third kappa shape index (κ3) is 6.32. The lowest BCUT2D eigenvalue weighted by Crippen LogP contribution is -2.33. The molecule has 270 valence electrons. The van der Waals surface area contributed by atoms with Crippen LogP contribution in [0, 0.1) is 5.41 Å². The molecule has 2 heteroatoms. The van der Waals surface area contributed by atoms with Gasteiger partial charge in [-0.15, -0.1) is 0 Å². The van der Waals surface area contributed by atoms with E-state index in [4.69, 9.17) is 0 Å². The molecule has 0 aromatic heterocycles. The summed E-state index contributed by atoms with van der Waals surface area (Å²) in [6.07, 6.45) is 2.28. The molecule has 0 spiro atoms. The minimum Gasteiger partial charge on any atom is -0.377 e. The van der Waals surface area contributed by atoms with E-state index in [0.717, 1.165) is 33.5 Å². The van der Waals surface area contributed by atoms with Gasteiger partial charge in [0.2, 0.25) is 0 Å². The standard InChI is InChI=1S/C55H40N2/c56-54(42-23-11-4-12-24-42)53(40-21-9-3-10-22-40)55-49-35-44(34-33-43(49)36-50(57-55)39-19-7-2-8-20-39)52-47-27-15-13-25-45(47)51(46-26-14-16-28-48(46)52)41-31-29-38(30-32-41)37-17-5-1-6-18-37/h1-36,53,55-57H. The van der Waals surface area contributed by atoms with E-state index in [1.165, 1.54) is 54.9 Å². The lowest BCUT2D eigenvalue weighted by atomic mass is 9.77. The summed E-state index contributed by atoms with van der Waals surface area (Å²) in [4.78, 5) is 0. The molecule has 1 aliphatic heterocycles. The van der Waals surface area contributed by atoms with Crippen LogP contribution in [0.3, 0.4) is 0 Å². The van der Waals surface area contributed by atoms with Crippen LogP contribution < -0.4 is 5.32 Å². The first-order valence-electron chi connectivity index (χ1n) is 19.7. The van der Waals surface area contributed by atoms with Gasteiger partial charge in [0.15, 0.2) is 0 Å². The van der Waals surface area contributed by atoms with Gasteiger partial charge in [-0.2, -0.15) is 0 Å². The van der Waals surface area contributed by atoms with Crippen LogP contribution in [0.25, 0.3) is 66.7 Å². The minimum atomic E-state index is -0.260. The third-order valence-corrected chi connectivity index (χ3v) is 11.5. The molecule has 1 aliphatic rings. The van der Waals surface area contributed by atoms with Crippen LogP contribution in [0.1, 0.15) is 39.8 Å². The number of fused-ring (bicyclic) bond motifs is 3. The van der Waals surface area contributed by atoms with Crippen molar-refractivity contribution in [3.05, 3.63) is 240 Å². The van der Waals surface area contributed by atoms with Gasteiger partial charge in [0.25, 0.3) is 0 Å². The molecule has 1 heterocycles. The molecule has 0 aliphatic carbocycles. The number of hydrogen-bond acceptors (Lipinski definition) is 2. The van der Waals surface area contributed by atoms with E-state index in [1.807, 2.05) is 18.2 Å². The summed E-state index contributed by atoms with van der Waals surface area (Å²) in [6, 6.07) is 75.4. The maximum Gasteiger partial charge on any atom is 0.0644 e. The van der Waals surface area contributed by atoms with Gasteiger partial charge in [0, 0.05) is 11.4 Å². The number of rotatable bonds is 8. The zero-order valence-corrected chi connectivity index (χ0v) is 31.4. The maximum atomic E-state index is 9.81. The second-order valence-electron chi connectivity index (χ2n) is 14.8. The van der Waals surface area contributed by atoms with Gasteiger partial charge in [-0.25, -0.2) is 0 Å². The second kappa shape index (κ2) is 14.7. The van der Waals surface area contributed by atoms with Crippen LogP contribution in [0.5, 0.6) is 0 Å². The second-order valence-corrected chi connectivity index (χ2v) is 14.8. The average Bonchev–Trinajstić information content (AvgIpc) is 3.29. The zero-order chi connectivity index (χ0) is 38.1. The van der Waals surface area contributed by atoms with Crippen molar-refractivity contribution in [2.45, 2.75) is 12.0 Å². The van der Waals surface area contributed by atoms with E-state index in [2.05, 4.69) is 206 Å². The Morgan fingerprint density at radius 2 is 0.860 bits per heavy atom. The fourth-order valence-corrected chi connectivity index (χ4v) is 8.81. The predicted molar refractivity (Wildman–Crippen MR) is 240 cm³/mol. The summed E-state index contributed by atoms with van der Waals surface area (Å²) >= 11 is 0. The van der Waals surface area contributed by atoms with Gasteiger partial charge >= 0.3 is 0 Å². The molecule has 0 amide bonds. The monoisotopic (exact) mass is 728 g/mol. The van der Waals surface area contributed by atoms with E-state index in [-0.39, 0.29) is 12.0 Å². The molecule has 2 N–H and O–H groups in total. The fourth-order valence-electron chi connectivity index (χ4n) is 8.81. The first-order valence-corrected chi connectivity index (χ1v) is 19.7. The van der Waals surface area contributed by atoms with Gasteiger partial charge in [-0.1, -0.05) is 206 Å². The highest BCUT2D eigenvalue weighted by molar-refractivity contribution is 6.21. The summed E-state index contributed by atoms with van der Waals surface area (Å²) in [6.45, 7) is 0. The summed E-state index contributed by atoms with van der Waals surface area (Å²) in [5, 5.41) is 18.7. The minimum absolute atomic E-state index is 0.213. The fraction of sp³-hybridized carbons (Fsp3) is 0.0364. The van der Waals surface area contributed by atoms with Crippen LogP contribution in [0.15, 0.2) is 212 Å². The Kier molecular flexibility index (Phi) is 8.85. The van der Waals surface area contributed by atoms with Crippen LogP contribution in [-0.4, -0.2) is 5.71 Å². The van der Waals surface area contributed by atoms with Gasteiger partial charge in [-0.05, 0) is 94.9 Å². The van der Waals surface area contributed by atoms with Crippen LogP contribution >= 0.6 is 0 Å². The molecule has 0 saturated carbocycles. The van der Waals surface area contributed by atoms with Crippen molar-refractivity contribution in [2.24, 2.45) is 0 Å².